The van der Waals surface area contributed by atoms with Crippen LogP contribution in [0.25, 0.3) is 10.9 Å². The minimum absolute atomic E-state index is 0.849. The maximum atomic E-state index is 3.47. The Labute approximate surface area is 122 Å². The minimum Gasteiger partial charge on any atom is -0.347 e. The Bertz CT molecular complexity index is 631. The molecule has 0 bridgehead atoms. The monoisotopic (exact) mass is 270 g/mol. The summed E-state index contributed by atoms with van der Waals surface area (Å²) in [5.74, 6) is 0.849. The molecule has 2 aromatic rings. The average Bonchev–Trinajstić information content (AvgIpc) is 2.69. The molecule has 1 saturated heterocycles. The number of piperidine rings is 1. The largest absolute Gasteiger partial charge is 0.347 e. The van der Waals surface area contributed by atoms with E-state index in [0.29, 0.717) is 0 Å². The van der Waals surface area contributed by atoms with E-state index in [1.54, 1.807) is 5.56 Å². The quantitative estimate of drug-likeness (QED) is 0.881. The molecule has 20 heavy (non-hydrogen) atoms. The summed E-state index contributed by atoms with van der Waals surface area (Å²) < 4.78 is 2.40. The second kappa shape index (κ2) is 5.25. The van der Waals surface area contributed by atoms with Crippen molar-refractivity contribution in [3.05, 3.63) is 34.5 Å². The van der Waals surface area contributed by atoms with E-state index in [2.05, 4.69) is 49.8 Å². The van der Waals surface area contributed by atoms with Gasteiger partial charge in [0.25, 0.3) is 0 Å². The van der Waals surface area contributed by atoms with Crippen molar-refractivity contribution < 1.29 is 0 Å². The first-order chi connectivity index (χ1) is 9.59. The van der Waals surface area contributed by atoms with Gasteiger partial charge in [0.2, 0.25) is 0 Å². The van der Waals surface area contributed by atoms with Crippen LogP contribution in [0.2, 0.25) is 0 Å². The molecule has 0 radical (unpaired) electrons. The fourth-order valence-corrected chi connectivity index (χ4v) is 3.67. The van der Waals surface area contributed by atoms with E-state index in [9.17, 15) is 0 Å². The van der Waals surface area contributed by atoms with Crippen LogP contribution in [0.3, 0.4) is 0 Å². The van der Waals surface area contributed by atoms with Crippen molar-refractivity contribution in [2.24, 2.45) is 13.0 Å². The maximum Gasteiger partial charge on any atom is 0.0515 e. The molecule has 1 aromatic heterocycles. The van der Waals surface area contributed by atoms with Crippen LogP contribution in [0.15, 0.2) is 12.1 Å². The van der Waals surface area contributed by atoms with Gasteiger partial charge >= 0.3 is 0 Å². The molecule has 2 heteroatoms. The molecule has 3 rings (SSSR count). The van der Waals surface area contributed by atoms with Crippen molar-refractivity contribution in [3.63, 3.8) is 0 Å². The first-order valence-electron chi connectivity index (χ1n) is 7.84. The highest BCUT2D eigenvalue weighted by Crippen LogP contribution is 2.32. The molecular weight excluding hydrogens is 244 g/mol. The number of rotatable bonds is 2. The zero-order chi connectivity index (χ0) is 14.3. The van der Waals surface area contributed by atoms with Crippen molar-refractivity contribution in [1.29, 1.82) is 0 Å². The molecule has 2 nitrogen and oxygen atoms in total. The maximum absolute atomic E-state index is 3.47. The molecule has 1 N–H and O–H groups in total. The Morgan fingerprint density at radius 1 is 1.15 bits per heavy atom. The number of nitrogens with zero attached hydrogens (tertiary/aromatic N) is 1. The number of hydrogen-bond donors (Lipinski definition) is 1. The van der Waals surface area contributed by atoms with E-state index in [0.717, 1.165) is 5.92 Å². The van der Waals surface area contributed by atoms with Crippen LogP contribution in [0.5, 0.6) is 0 Å². The van der Waals surface area contributed by atoms with Crippen LogP contribution < -0.4 is 5.32 Å². The van der Waals surface area contributed by atoms with Crippen LogP contribution in [0.1, 0.15) is 35.2 Å². The van der Waals surface area contributed by atoms with Gasteiger partial charge in [0, 0.05) is 18.1 Å². The van der Waals surface area contributed by atoms with Gasteiger partial charge in [-0.25, -0.2) is 0 Å². The molecule has 0 amide bonds. The summed E-state index contributed by atoms with van der Waals surface area (Å²) in [6.07, 6.45) is 3.88. The zero-order valence-corrected chi connectivity index (χ0v) is 13.2. The SMILES string of the molecule is Cc1ccc2c(CC3CCNCC3)c(C)n(C)c2c1C. The number of fused-ring (bicyclic) bond motifs is 1. The fourth-order valence-electron chi connectivity index (χ4n) is 3.67. The predicted octanol–water partition coefficient (Wildman–Crippen LogP) is 3.65. The van der Waals surface area contributed by atoms with Crippen molar-refractivity contribution in [3.8, 4) is 0 Å². The van der Waals surface area contributed by atoms with Gasteiger partial charge in [-0.1, -0.05) is 12.1 Å². The second-order valence-corrected chi connectivity index (χ2v) is 6.42. The Balaban J connectivity index is 2.06. The van der Waals surface area contributed by atoms with E-state index in [1.807, 2.05) is 0 Å². The fraction of sp³-hybridized carbons (Fsp3) is 0.556. The van der Waals surface area contributed by atoms with Gasteiger partial charge < -0.3 is 9.88 Å². The Morgan fingerprint density at radius 3 is 2.55 bits per heavy atom. The highest BCUT2D eigenvalue weighted by molar-refractivity contribution is 5.89. The molecule has 108 valence electrons. The van der Waals surface area contributed by atoms with E-state index in [1.165, 1.54) is 60.1 Å². The molecule has 1 fully saturated rings. The van der Waals surface area contributed by atoms with E-state index < -0.39 is 0 Å². The Kier molecular flexibility index (Phi) is 3.59. The van der Waals surface area contributed by atoms with E-state index >= 15 is 0 Å². The molecule has 0 unspecified atom stereocenters. The number of hydrogen-bond acceptors (Lipinski definition) is 1. The summed E-state index contributed by atoms with van der Waals surface area (Å²) in [4.78, 5) is 0. The highest BCUT2D eigenvalue weighted by atomic mass is 14.9. The number of nitrogens with one attached hydrogen (secondary N) is 1. The van der Waals surface area contributed by atoms with Crippen molar-refractivity contribution in [2.75, 3.05) is 13.1 Å². The van der Waals surface area contributed by atoms with Crippen molar-refractivity contribution >= 4 is 10.9 Å². The van der Waals surface area contributed by atoms with Gasteiger partial charge in [0.15, 0.2) is 0 Å². The lowest BCUT2D eigenvalue weighted by Crippen LogP contribution is -2.28. The van der Waals surface area contributed by atoms with Gasteiger partial charge in [-0.3, -0.25) is 0 Å². The summed E-state index contributed by atoms with van der Waals surface area (Å²) in [6, 6.07) is 4.62. The van der Waals surface area contributed by atoms with Gasteiger partial charge in [-0.2, -0.15) is 0 Å². The third kappa shape index (κ3) is 2.16. The predicted molar refractivity (Wildman–Crippen MR) is 86.4 cm³/mol. The van der Waals surface area contributed by atoms with Crippen LogP contribution >= 0.6 is 0 Å². The first kappa shape index (κ1) is 13.7. The standard InChI is InChI=1S/C18H26N2/c1-12-5-6-16-17(11-15-7-9-19-10-8-15)14(3)20(4)18(16)13(12)2/h5-6,15,19H,7-11H2,1-4H3. The van der Waals surface area contributed by atoms with Gasteiger partial charge in [-0.15, -0.1) is 0 Å². The summed E-state index contributed by atoms with van der Waals surface area (Å²) in [5, 5.41) is 4.95. The molecular formula is C18H26N2. The molecule has 0 atom stereocenters. The topological polar surface area (TPSA) is 17.0 Å². The van der Waals surface area contributed by atoms with Crippen LogP contribution in [-0.4, -0.2) is 17.7 Å². The van der Waals surface area contributed by atoms with Crippen LogP contribution in [0.4, 0.5) is 0 Å². The number of aryl methyl sites for hydroxylation is 3. The van der Waals surface area contributed by atoms with Gasteiger partial charge in [0.05, 0.1) is 5.52 Å². The highest BCUT2D eigenvalue weighted by Gasteiger charge is 2.19. The van der Waals surface area contributed by atoms with Crippen molar-refractivity contribution in [1.82, 2.24) is 9.88 Å². The second-order valence-electron chi connectivity index (χ2n) is 6.42. The number of aromatic nitrogens is 1. The van der Waals surface area contributed by atoms with Crippen molar-refractivity contribution in [2.45, 2.75) is 40.0 Å². The minimum atomic E-state index is 0.849. The molecule has 1 aliphatic rings. The summed E-state index contributed by atoms with van der Waals surface area (Å²) >= 11 is 0. The molecule has 0 aliphatic carbocycles. The third-order valence-electron chi connectivity index (χ3n) is 5.25. The number of benzene rings is 1. The normalized spacial score (nSPS) is 17.0. The van der Waals surface area contributed by atoms with Gasteiger partial charge in [0.1, 0.15) is 0 Å². The van der Waals surface area contributed by atoms with E-state index in [4.69, 9.17) is 0 Å². The smallest absolute Gasteiger partial charge is 0.0515 e. The lowest BCUT2D eigenvalue weighted by molar-refractivity contribution is 0.373. The molecule has 1 aromatic carbocycles. The molecule has 1 aliphatic heterocycles. The third-order valence-corrected chi connectivity index (χ3v) is 5.25. The zero-order valence-electron chi connectivity index (χ0n) is 13.2. The Morgan fingerprint density at radius 2 is 1.85 bits per heavy atom. The first-order valence-corrected chi connectivity index (χ1v) is 7.84. The Hall–Kier alpha value is -1.28. The summed E-state index contributed by atoms with van der Waals surface area (Å²) in [6.45, 7) is 9.12. The lowest BCUT2D eigenvalue weighted by Gasteiger charge is -2.22. The van der Waals surface area contributed by atoms with Gasteiger partial charge in [-0.05, 0) is 75.7 Å². The lowest BCUT2D eigenvalue weighted by atomic mass is 9.89. The average molecular weight is 270 g/mol. The van der Waals surface area contributed by atoms with Crippen LogP contribution in [-0.2, 0) is 13.5 Å². The molecule has 2 heterocycles. The van der Waals surface area contributed by atoms with Crippen LogP contribution in [0, 0.1) is 26.7 Å². The summed E-state index contributed by atoms with van der Waals surface area (Å²) in [5.41, 5.74) is 7.30. The molecule has 0 spiro atoms. The summed E-state index contributed by atoms with van der Waals surface area (Å²) in [7, 11) is 2.22. The molecule has 0 saturated carbocycles. The van der Waals surface area contributed by atoms with E-state index in [-0.39, 0.29) is 0 Å².